The smallest absolute Gasteiger partial charge is 0.328 e. The quantitative estimate of drug-likeness (QED) is 0.502. The van der Waals surface area contributed by atoms with Crippen LogP contribution in [0.15, 0.2) is 0 Å². The van der Waals surface area contributed by atoms with Crippen LogP contribution in [0.4, 0.5) is 4.79 Å². The highest BCUT2D eigenvalue weighted by Gasteiger charge is 2.36. The molecule has 0 aromatic heterocycles. The maximum atomic E-state index is 11.9. The lowest BCUT2D eigenvalue weighted by molar-refractivity contribution is -0.142. The molecule has 4 N–H and O–H groups in total. The molecular formula is C11H20N2O6. The summed E-state index contributed by atoms with van der Waals surface area (Å²) in [5, 5.41) is 29.0. The third kappa shape index (κ3) is 4.34. The van der Waals surface area contributed by atoms with Crippen LogP contribution in [-0.2, 0) is 9.53 Å². The van der Waals surface area contributed by atoms with Gasteiger partial charge >= 0.3 is 12.0 Å². The molecule has 0 radical (unpaired) electrons. The van der Waals surface area contributed by atoms with Crippen molar-refractivity contribution in [1.29, 1.82) is 0 Å². The van der Waals surface area contributed by atoms with Crippen molar-refractivity contribution < 1.29 is 29.6 Å². The summed E-state index contributed by atoms with van der Waals surface area (Å²) in [7, 11) is 0. The van der Waals surface area contributed by atoms with Gasteiger partial charge in [-0.2, -0.15) is 0 Å². The minimum atomic E-state index is -1.34. The number of ether oxygens (including phenoxy) is 1. The van der Waals surface area contributed by atoms with Crippen LogP contribution in [0.1, 0.15) is 13.8 Å². The van der Waals surface area contributed by atoms with Gasteiger partial charge in [-0.3, -0.25) is 0 Å². The lowest BCUT2D eigenvalue weighted by Gasteiger charge is -2.42. The number of aliphatic hydroxyl groups is 2. The number of carboxylic acids is 1. The predicted octanol–water partition coefficient (Wildman–Crippen LogP) is -1.39. The van der Waals surface area contributed by atoms with E-state index in [9.17, 15) is 9.59 Å². The average molecular weight is 276 g/mol. The summed E-state index contributed by atoms with van der Waals surface area (Å²) >= 11 is 0. The summed E-state index contributed by atoms with van der Waals surface area (Å²) in [5.74, 6) is -1.30. The number of morpholine rings is 1. The Labute approximate surface area is 111 Å². The number of hydrogen-bond donors (Lipinski definition) is 4. The molecule has 1 heterocycles. The zero-order chi connectivity index (χ0) is 14.6. The molecule has 1 rings (SSSR count). The van der Waals surface area contributed by atoms with Gasteiger partial charge in [0.05, 0.1) is 38.0 Å². The first kappa shape index (κ1) is 15.7. The van der Waals surface area contributed by atoms with E-state index in [0.717, 1.165) is 0 Å². The minimum absolute atomic E-state index is 0.170. The van der Waals surface area contributed by atoms with E-state index in [1.165, 1.54) is 4.90 Å². The summed E-state index contributed by atoms with van der Waals surface area (Å²) in [6.45, 7) is 3.08. The van der Waals surface area contributed by atoms with Gasteiger partial charge in [-0.1, -0.05) is 0 Å². The molecule has 1 unspecified atom stereocenters. The van der Waals surface area contributed by atoms with Crippen molar-refractivity contribution in [3.8, 4) is 0 Å². The lowest BCUT2D eigenvalue weighted by atomic mass is 10.1. The van der Waals surface area contributed by atoms with E-state index >= 15 is 0 Å². The van der Waals surface area contributed by atoms with Gasteiger partial charge < -0.3 is 30.3 Å². The van der Waals surface area contributed by atoms with Crippen LogP contribution in [0, 0.1) is 0 Å². The molecule has 19 heavy (non-hydrogen) atoms. The Bertz CT molecular complexity index is 346. The summed E-state index contributed by atoms with van der Waals surface area (Å²) < 4.78 is 5.54. The molecule has 0 aliphatic carbocycles. The first-order chi connectivity index (χ1) is 8.79. The molecule has 0 aromatic carbocycles. The number of rotatable bonds is 4. The Kier molecular flexibility index (Phi) is 5.10. The maximum absolute atomic E-state index is 11.9. The fourth-order valence-electron chi connectivity index (χ4n) is 1.97. The standard InChI is InChI=1S/C11H20N2O6/c1-11(2)6-13(3-7(4-14)19-11)10(18)12-8(5-15)9(16)17/h7-8,14-15H,3-6H2,1-2H3,(H,12,18)(H,16,17)/t7?,8-/m1/s1. The molecule has 8 heteroatoms. The highest BCUT2D eigenvalue weighted by molar-refractivity contribution is 5.82. The Hall–Kier alpha value is -1.38. The fourth-order valence-corrected chi connectivity index (χ4v) is 1.97. The van der Waals surface area contributed by atoms with Crippen molar-refractivity contribution in [2.75, 3.05) is 26.3 Å². The number of aliphatic carboxylic acids is 1. The minimum Gasteiger partial charge on any atom is -0.480 e. The van der Waals surface area contributed by atoms with Gasteiger partial charge in [0.1, 0.15) is 0 Å². The molecule has 1 aliphatic rings. The number of carboxylic acid groups (broad SMARTS) is 1. The van der Waals surface area contributed by atoms with Gasteiger partial charge in [-0.05, 0) is 13.8 Å². The molecule has 0 spiro atoms. The Balaban J connectivity index is 2.67. The SMILES string of the molecule is CC1(C)CN(C(=O)N[C@H](CO)C(=O)O)CC(CO)O1. The van der Waals surface area contributed by atoms with E-state index in [-0.39, 0.29) is 19.7 Å². The van der Waals surface area contributed by atoms with Gasteiger partial charge in [-0.25, -0.2) is 9.59 Å². The molecular weight excluding hydrogens is 256 g/mol. The van der Waals surface area contributed by atoms with Gasteiger partial charge in [0.15, 0.2) is 6.04 Å². The van der Waals surface area contributed by atoms with Gasteiger partial charge in [0.25, 0.3) is 0 Å². The number of urea groups is 1. The van der Waals surface area contributed by atoms with E-state index < -0.39 is 36.4 Å². The number of hydrogen-bond acceptors (Lipinski definition) is 5. The lowest BCUT2D eigenvalue weighted by Crippen LogP contribution is -2.59. The number of carbonyl (C=O) groups excluding carboxylic acids is 1. The van der Waals surface area contributed by atoms with Gasteiger partial charge in [0, 0.05) is 0 Å². The second-order valence-electron chi connectivity index (χ2n) is 5.09. The van der Waals surface area contributed by atoms with E-state index in [0.29, 0.717) is 0 Å². The second-order valence-corrected chi connectivity index (χ2v) is 5.09. The molecule has 0 saturated carbocycles. The van der Waals surface area contributed by atoms with Crippen LogP contribution in [0.5, 0.6) is 0 Å². The first-order valence-corrected chi connectivity index (χ1v) is 5.97. The Morgan fingerprint density at radius 3 is 2.58 bits per heavy atom. The van der Waals surface area contributed by atoms with Crippen molar-refractivity contribution >= 4 is 12.0 Å². The number of carbonyl (C=O) groups is 2. The third-order valence-electron chi connectivity index (χ3n) is 2.75. The molecule has 0 aromatic rings. The van der Waals surface area contributed by atoms with Crippen molar-refractivity contribution in [2.24, 2.45) is 0 Å². The van der Waals surface area contributed by atoms with E-state index in [1.54, 1.807) is 13.8 Å². The molecule has 1 saturated heterocycles. The predicted molar refractivity (Wildman–Crippen MR) is 64.7 cm³/mol. The molecule has 2 atom stereocenters. The van der Waals surface area contributed by atoms with E-state index in [2.05, 4.69) is 5.32 Å². The topological polar surface area (TPSA) is 119 Å². The zero-order valence-electron chi connectivity index (χ0n) is 11.0. The number of nitrogens with zero attached hydrogens (tertiary/aromatic N) is 1. The van der Waals surface area contributed by atoms with Crippen LogP contribution in [0.2, 0.25) is 0 Å². The van der Waals surface area contributed by atoms with Crippen LogP contribution in [0.25, 0.3) is 0 Å². The largest absolute Gasteiger partial charge is 0.480 e. The summed E-state index contributed by atoms with van der Waals surface area (Å²) in [5.41, 5.74) is -0.624. The van der Waals surface area contributed by atoms with Gasteiger partial charge in [-0.15, -0.1) is 0 Å². The summed E-state index contributed by atoms with van der Waals surface area (Å²) in [4.78, 5) is 24.0. The Morgan fingerprint density at radius 1 is 1.47 bits per heavy atom. The van der Waals surface area contributed by atoms with Crippen LogP contribution in [0.3, 0.4) is 0 Å². The van der Waals surface area contributed by atoms with Crippen molar-refractivity contribution in [3.63, 3.8) is 0 Å². The van der Waals surface area contributed by atoms with E-state index in [4.69, 9.17) is 20.1 Å². The first-order valence-electron chi connectivity index (χ1n) is 5.97. The van der Waals surface area contributed by atoms with E-state index in [1.807, 2.05) is 0 Å². The van der Waals surface area contributed by atoms with Crippen LogP contribution >= 0.6 is 0 Å². The van der Waals surface area contributed by atoms with Crippen molar-refractivity contribution in [3.05, 3.63) is 0 Å². The summed E-state index contributed by atoms with van der Waals surface area (Å²) in [6, 6.07) is -1.94. The zero-order valence-corrected chi connectivity index (χ0v) is 11.0. The molecule has 1 fully saturated rings. The number of amides is 2. The number of aliphatic hydroxyl groups excluding tert-OH is 2. The normalized spacial score (nSPS) is 23.8. The monoisotopic (exact) mass is 276 g/mol. The molecule has 0 bridgehead atoms. The molecule has 8 nitrogen and oxygen atoms in total. The van der Waals surface area contributed by atoms with Crippen molar-refractivity contribution in [2.45, 2.75) is 31.6 Å². The van der Waals surface area contributed by atoms with Crippen LogP contribution < -0.4 is 5.32 Å². The van der Waals surface area contributed by atoms with Crippen molar-refractivity contribution in [1.82, 2.24) is 10.2 Å². The third-order valence-corrected chi connectivity index (χ3v) is 2.75. The summed E-state index contributed by atoms with van der Waals surface area (Å²) in [6.07, 6.45) is -0.507. The average Bonchev–Trinajstić information content (AvgIpc) is 2.33. The van der Waals surface area contributed by atoms with Gasteiger partial charge in [0.2, 0.25) is 0 Å². The fraction of sp³-hybridized carbons (Fsp3) is 0.818. The molecule has 1 aliphatic heterocycles. The Morgan fingerprint density at radius 2 is 2.11 bits per heavy atom. The second kappa shape index (κ2) is 6.18. The molecule has 2 amide bonds. The number of nitrogens with one attached hydrogen (secondary N) is 1. The van der Waals surface area contributed by atoms with Crippen LogP contribution in [-0.4, -0.2) is 76.3 Å². The maximum Gasteiger partial charge on any atom is 0.328 e. The molecule has 110 valence electrons. The highest BCUT2D eigenvalue weighted by atomic mass is 16.5. The highest BCUT2D eigenvalue weighted by Crippen LogP contribution is 2.20.